The molecule has 2 heterocycles. The van der Waals surface area contributed by atoms with E-state index in [1.807, 2.05) is 43.3 Å². The van der Waals surface area contributed by atoms with Crippen molar-refractivity contribution in [2.75, 3.05) is 24.8 Å². The first kappa shape index (κ1) is 15.9. The summed E-state index contributed by atoms with van der Waals surface area (Å²) in [4.78, 5) is 9.10. The van der Waals surface area contributed by atoms with Gasteiger partial charge in [0.1, 0.15) is 11.6 Å². The molecular formula is C17H20N6O. The molecule has 124 valence electrons. The predicted molar refractivity (Wildman–Crippen MR) is 94.1 cm³/mol. The number of anilines is 3. The highest BCUT2D eigenvalue weighted by atomic mass is 16.5. The van der Waals surface area contributed by atoms with Crippen LogP contribution in [0.2, 0.25) is 0 Å². The fourth-order valence-corrected chi connectivity index (χ4v) is 2.37. The minimum absolute atomic E-state index is 0.440. The van der Waals surface area contributed by atoms with E-state index in [1.165, 1.54) is 0 Å². The second kappa shape index (κ2) is 7.10. The predicted octanol–water partition coefficient (Wildman–Crippen LogP) is 2.69. The maximum absolute atomic E-state index is 6.18. The van der Waals surface area contributed by atoms with Gasteiger partial charge in [-0.1, -0.05) is 30.3 Å². The molecule has 0 spiro atoms. The number of rotatable bonds is 6. The molecule has 0 radical (unpaired) electrons. The first-order chi connectivity index (χ1) is 11.7. The number of benzene rings is 1. The zero-order chi connectivity index (χ0) is 16.9. The largest absolute Gasteiger partial charge is 0.384 e. The second-order valence-electron chi connectivity index (χ2n) is 5.43. The van der Waals surface area contributed by atoms with E-state index in [9.17, 15) is 0 Å². The zero-order valence-corrected chi connectivity index (χ0v) is 13.7. The van der Waals surface area contributed by atoms with Crippen LogP contribution >= 0.6 is 0 Å². The number of H-pyrrole nitrogens is 1. The Hall–Kier alpha value is -2.93. The van der Waals surface area contributed by atoms with Gasteiger partial charge >= 0.3 is 0 Å². The molecule has 0 atom stereocenters. The summed E-state index contributed by atoms with van der Waals surface area (Å²) in [7, 11) is 1.65. The normalized spacial score (nSPS) is 10.8. The highest BCUT2D eigenvalue weighted by molar-refractivity contribution is 5.67. The molecule has 0 amide bonds. The Balaban J connectivity index is 2.02. The Morgan fingerprint density at radius 2 is 2.00 bits per heavy atom. The monoisotopic (exact) mass is 324 g/mol. The Labute approximate surface area is 140 Å². The van der Waals surface area contributed by atoms with Gasteiger partial charge in [-0.05, 0) is 6.92 Å². The molecule has 1 aromatic carbocycles. The number of nitrogens with two attached hydrogens (primary N) is 1. The average molecular weight is 324 g/mol. The molecule has 0 aliphatic carbocycles. The van der Waals surface area contributed by atoms with Crippen molar-refractivity contribution in [3.63, 3.8) is 0 Å². The first-order valence-corrected chi connectivity index (χ1v) is 7.67. The Bertz CT molecular complexity index is 815. The smallest absolute Gasteiger partial charge is 0.163 e. The van der Waals surface area contributed by atoms with Gasteiger partial charge in [0.2, 0.25) is 0 Å². The van der Waals surface area contributed by atoms with Gasteiger partial charge in [0, 0.05) is 36.4 Å². The van der Waals surface area contributed by atoms with Crippen molar-refractivity contribution in [3.05, 3.63) is 47.7 Å². The molecule has 7 nitrogen and oxygen atoms in total. The summed E-state index contributed by atoms with van der Waals surface area (Å²) in [5.41, 5.74) is 8.87. The van der Waals surface area contributed by atoms with E-state index in [0.29, 0.717) is 36.3 Å². The SMILES string of the molecule is COCCc1c(N)nc(-c2ccccc2)nc1Nc1cc(C)[nH]n1. The van der Waals surface area contributed by atoms with Gasteiger partial charge < -0.3 is 15.8 Å². The fraction of sp³-hybridized carbons (Fsp3) is 0.235. The lowest BCUT2D eigenvalue weighted by Crippen LogP contribution is -2.09. The highest BCUT2D eigenvalue weighted by Gasteiger charge is 2.14. The second-order valence-corrected chi connectivity index (χ2v) is 5.43. The number of aromatic nitrogens is 4. The van der Waals surface area contributed by atoms with Crippen molar-refractivity contribution in [1.82, 2.24) is 20.2 Å². The van der Waals surface area contributed by atoms with Gasteiger partial charge in [0.15, 0.2) is 11.6 Å². The number of nitrogen functional groups attached to an aromatic ring is 1. The Morgan fingerprint density at radius 3 is 2.67 bits per heavy atom. The highest BCUT2D eigenvalue weighted by Crippen LogP contribution is 2.26. The topological polar surface area (TPSA) is 102 Å². The summed E-state index contributed by atoms with van der Waals surface area (Å²) < 4.78 is 5.16. The van der Waals surface area contributed by atoms with E-state index in [1.54, 1.807) is 7.11 Å². The lowest BCUT2D eigenvalue weighted by atomic mass is 10.1. The van der Waals surface area contributed by atoms with Gasteiger partial charge in [-0.15, -0.1) is 0 Å². The lowest BCUT2D eigenvalue weighted by molar-refractivity contribution is 0.202. The third kappa shape index (κ3) is 3.52. The third-order valence-corrected chi connectivity index (χ3v) is 3.58. The molecule has 2 aromatic heterocycles. The van der Waals surface area contributed by atoms with Crippen molar-refractivity contribution in [2.24, 2.45) is 0 Å². The summed E-state index contributed by atoms with van der Waals surface area (Å²) in [6.07, 6.45) is 0.614. The molecule has 4 N–H and O–H groups in total. The molecule has 7 heteroatoms. The Morgan fingerprint density at radius 1 is 1.21 bits per heavy atom. The third-order valence-electron chi connectivity index (χ3n) is 3.58. The fourth-order valence-electron chi connectivity index (χ4n) is 2.37. The number of aryl methyl sites for hydroxylation is 1. The summed E-state index contributed by atoms with van der Waals surface area (Å²) in [5, 5.41) is 10.3. The molecule has 0 saturated carbocycles. The number of hydrogen-bond acceptors (Lipinski definition) is 6. The van der Waals surface area contributed by atoms with Gasteiger partial charge in [-0.2, -0.15) is 5.10 Å². The van der Waals surface area contributed by atoms with E-state index >= 15 is 0 Å². The summed E-state index contributed by atoms with van der Waals surface area (Å²) in [6, 6.07) is 11.6. The molecule has 24 heavy (non-hydrogen) atoms. The number of methoxy groups -OCH3 is 1. The van der Waals surface area contributed by atoms with Crippen molar-refractivity contribution >= 4 is 17.5 Å². The average Bonchev–Trinajstić information content (AvgIpc) is 3.00. The quantitative estimate of drug-likeness (QED) is 0.644. The molecule has 0 bridgehead atoms. The van der Waals surface area contributed by atoms with E-state index in [2.05, 4.69) is 25.5 Å². The number of nitrogens with zero attached hydrogens (tertiary/aromatic N) is 3. The van der Waals surface area contributed by atoms with E-state index in [4.69, 9.17) is 10.5 Å². The van der Waals surface area contributed by atoms with Gasteiger partial charge in [-0.3, -0.25) is 5.10 Å². The molecule has 0 aliphatic heterocycles. The molecule has 0 saturated heterocycles. The van der Waals surface area contributed by atoms with E-state index < -0.39 is 0 Å². The van der Waals surface area contributed by atoms with Crippen molar-refractivity contribution in [1.29, 1.82) is 0 Å². The maximum Gasteiger partial charge on any atom is 0.163 e. The van der Waals surface area contributed by atoms with Gasteiger partial charge in [0.25, 0.3) is 0 Å². The van der Waals surface area contributed by atoms with Crippen LogP contribution in [0.15, 0.2) is 36.4 Å². The van der Waals surface area contributed by atoms with Crippen LogP contribution in [0.25, 0.3) is 11.4 Å². The van der Waals surface area contributed by atoms with Crippen LogP contribution in [0.4, 0.5) is 17.5 Å². The number of hydrogen-bond donors (Lipinski definition) is 3. The van der Waals surface area contributed by atoms with Gasteiger partial charge in [-0.25, -0.2) is 9.97 Å². The van der Waals surface area contributed by atoms with Crippen molar-refractivity contribution < 1.29 is 4.74 Å². The Kier molecular flexibility index (Phi) is 4.72. The molecule has 0 fully saturated rings. The number of aromatic amines is 1. The van der Waals surface area contributed by atoms with Gasteiger partial charge in [0.05, 0.1) is 6.61 Å². The number of nitrogens with one attached hydrogen (secondary N) is 2. The van der Waals surface area contributed by atoms with Crippen molar-refractivity contribution in [2.45, 2.75) is 13.3 Å². The molecule has 0 aliphatic rings. The van der Waals surface area contributed by atoms with Crippen LogP contribution in [-0.2, 0) is 11.2 Å². The standard InChI is InChI=1S/C17H20N6O/c1-11-10-14(23-22-11)19-17-13(8-9-24-2)15(18)20-16(21-17)12-6-4-3-5-7-12/h3-7,10H,8-9H2,1-2H3,(H4,18,19,20,21,22,23). The van der Waals surface area contributed by atoms with Crippen molar-refractivity contribution in [3.8, 4) is 11.4 Å². The molecule has 3 rings (SSSR count). The summed E-state index contributed by atoms with van der Waals surface area (Å²) in [6.45, 7) is 2.47. The van der Waals surface area contributed by atoms with Crippen LogP contribution in [-0.4, -0.2) is 33.9 Å². The molecule has 0 unspecified atom stereocenters. The van der Waals surface area contributed by atoms with Crippen LogP contribution in [0.1, 0.15) is 11.3 Å². The van der Waals surface area contributed by atoms with Crippen LogP contribution in [0.3, 0.4) is 0 Å². The molecule has 3 aromatic rings. The van der Waals surface area contributed by atoms with E-state index in [0.717, 1.165) is 16.8 Å². The molecular weight excluding hydrogens is 304 g/mol. The van der Waals surface area contributed by atoms with Crippen LogP contribution < -0.4 is 11.1 Å². The summed E-state index contributed by atoms with van der Waals surface area (Å²) in [5.74, 6) is 2.34. The minimum Gasteiger partial charge on any atom is -0.384 e. The maximum atomic E-state index is 6.18. The summed E-state index contributed by atoms with van der Waals surface area (Å²) >= 11 is 0. The first-order valence-electron chi connectivity index (χ1n) is 7.67. The van der Waals surface area contributed by atoms with Crippen LogP contribution in [0, 0.1) is 6.92 Å². The minimum atomic E-state index is 0.440. The zero-order valence-electron chi connectivity index (χ0n) is 13.7. The number of ether oxygens (including phenoxy) is 1. The van der Waals surface area contributed by atoms with Crippen LogP contribution in [0.5, 0.6) is 0 Å². The van der Waals surface area contributed by atoms with E-state index in [-0.39, 0.29) is 0 Å². The lowest BCUT2D eigenvalue weighted by Gasteiger charge is -2.13.